The molecule has 0 saturated carbocycles. The van der Waals surface area contributed by atoms with E-state index >= 15 is 0 Å². The van der Waals surface area contributed by atoms with Crippen molar-refractivity contribution in [2.45, 2.75) is 32.3 Å². The third-order valence-electron chi connectivity index (χ3n) is 1.18. The van der Waals surface area contributed by atoms with Crippen molar-refractivity contribution >= 4 is 6.29 Å². The van der Waals surface area contributed by atoms with E-state index in [0.29, 0.717) is 6.61 Å². The van der Waals surface area contributed by atoms with Crippen molar-refractivity contribution in [1.29, 1.82) is 0 Å². The smallest absolute Gasteiger partial charge is 0.148 e. The van der Waals surface area contributed by atoms with Gasteiger partial charge in [-0.25, -0.2) is 0 Å². The molecule has 1 radical (unpaired) electrons. The van der Waals surface area contributed by atoms with Crippen LogP contribution in [0.15, 0.2) is 0 Å². The molecule has 0 aliphatic rings. The highest BCUT2D eigenvalue weighted by atomic mass is 16.5. The standard InChI is InChI=1S/C8H15O2/c1-3-5-8(7-9)10-6-4-2/h7-8H,1,3-6H2,2H3. The summed E-state index contributed by atoms with van der Waals surface area (Å²) in [5.41, 5.74) is 0. The molecule has 2 nitrogen and oxygen atoms in total. The minimum Gasteiger partial charge on any atom is -0.371 e. The van der Waals surface area contributed by atoms with E-state index in [9.17, 15) is 4.79 Å². The second-order valence-corrected chi connectivity index (χ2v) is 2.19. The Labute approximate surface area is 62.6 Å². The maximum absolute atomic E-state index is 10.2. The molecule has 2 heteroatoms. The fourth-order valence-corrected chi connectivity index (χ4v) is 0.661. The zero-order valence-electron chi connectivity index (χ0n) is 6.51. The van der Waals surface area contributed by atoms with Crippen LogP contribution in [0, 0.1) is 6.92 Å². The van der Waals surface area contributed by atoms with Gasteiger partial charge in [-0.3, -0.25) is 0 Å². The van der Waals surface area contributed by atoms with Gasteiger partial charge >= 0.3 is 0 Å². The Morgan fingerprint density at radius 3 is 2.80 bits per heavy atom. The highest BCUT2D eigenvalue weighted by Gasteiger charge is 2.03. The van der Waals surface area contributed by atoms with Crippen LogP contribution in [0.3, 0.4) is 0 Å². The predicted molar refractivity (Wildman–Crippen MR) is 40.7 cm³/mol. The average molecular weight is 143 g/mol. The highest BCUT2D eigenvalue weighted by Crippen LogP contribution is 1.98. The van der Waals surface area contributed by atoms with E-state index in [1.165, 1.54) is 0 Å². The summed E-state index contributed by atoms with van der Waals surface area (Å²) in [5, 5.41) is 0. The summed E-state index contributed by atoms with van der Waals surface area (Å²) < 4.78 is 5.17. The normalized spacial score (nSPS) is 13.0. The Morgan fingerprint density at radius 1 is 1.70 bits per heavy atom. The quantitative estimate of drug-likeness (QED) is 0.528. The van der Waals surface area contributed by atoms with E-state index in [-0.39, 0.29) is 6.10 Å². The fourth-order valence-electron chi connectivity index (χ4n) is 0.661. The van der Waals surface area contributed by atoms with E-state index < -0.39 is 0 Å². The number of hydrogen-bond donors (Lipinski definition) is 0. The third-order valence-corrected chi connectivity index (χ3v) is 1.18. The second kappa shape index (κ2) is 6.75. The molecule has 1 unspecified atom stereocenters. The second-order valence-electron chi connectivity index (χ2n) is 2.19. The van der Waals surface area contributed by atoms with Crippen LogP contribution in [0.1, 0.15) is 26.2 Å². The highest BCUT2D eigenvalue weighted by molar-refractivity contribution is 5.55. The first-order chi connectivity index (χ1) is 4.85. The number of rotatable bonds is 6. The zero-order chi connectivity index (χ0) is 7.82. The lowest BCUT2D eigenvalue weighted by molar-refractivity contribution is -0.118. The largest absolute Gasteiger partial charge is 0.371 e. The maximum atomic E-state index is 10.2. The minimum absolute atomic E-state index is 0.225. The molecule has 59 valence electrons. The summed E-state index contributed by atoms with van der Waals surface area (Å²) in [6.45, 7) is 6.33. The van der Waals surface area contributed by atoms with Gasteiger partial charge in [0, 0.05) is 6.61 Å². The van der Waals surface area contributed by atoms with Crippen LogP contribution in [0.5, 0.6) is 0 Å². The molecular weight excluding hydrogens is 128 g/mol. The Hall–Kier alpha value is -0.370. The first kappa shape index (κ1) is 9.63. The molecule has 0 aliphatic heterocycles. The molecule has 0 aromatic rings. The first-order valence-corrected chi connectivity index (χ1v) is 3.71. The molecule has 0 saturated heterocycles. The lowest BCUT2D eigenvalue weighted by Crippen LogP contribution is -2.14. The molecule has 10 heavy (non-hydrogen) atoms. The number of carbonyl (C=O) groups excluding carboxylic acids is 1. The van der Waals surface area contributed by atoms with Crippen molar-refractivity contribution in [3.8, 4) is 0 Å². The molecule has 0 heterocycles. The molecule has 0 fully saturated rings. The number of aldehydes is 1. The zero-order valence-corrected chi connectivity index (χ0v) is 6.51. The van der Waals surface area contributed by atoms with Crippen LogP contribution in [-0.2, 0) is 9.53 Å². The van der Waals surface area contributed by atoms with Gasteiger partial charge in [0.1, 0.15) is 12.4 Å². The number of hydrogen-bond acceptors (Lipinski definition) is 2. The molecule has 0 aromatic heterocycles. The lowest BCUT2D eigenvalue weighted by Gasteiger charge is -2.08. The van der Waals surface area contributed by atoms with Crippen molar-refractivity contribution in [3.05, 3.63) is 6.92 Å². The maximum Gasteiger partial charge on any atom is 0.148 e. The van der Waals surface area contributed by atoms with Crippen molar-refractivity contribution in [1.82, 2.24) is 0 Å². The van der Waals surface area contributed by atoms with Crippen molar-refractivity contribution in [2.75, 3.05) is 6.61 Å². The molecule has 0 amide bonds. The van der Waals surface area contributed by atoms with E-state index in [0.717, 1.165) is 25.5 Å². The summed E-state index contributed by atoms with van der Waals surface area (Å²) in [6.07, 6.45) is 3.08. The van der Waals surface area contributed by atoms with Crippen LogP contribution in [-0.4, -0.2) is 19.0 Å². The average Bonchev–Trinajstić information content (AvgIpc) is 1.98. The van der Waals surface area contributed by atoms with Crippen LogP contribution in [0.25, 0.3) is 0 Å². The van der Waals surface area contributed by atoms with Gasteiger partial charge in [-0.05, 0) is 12.8 Å². The van der Waals surface area contributed by atoms with E-state index in [1.807, 2.05) is 6.92 Å². The SMILES string of the molecule is [CH2]CCC(C=O)OCCC. The monoisotopic (exact) mass is 143 g/mol. The predicted octanol–water partition coefficient (Wildman–Crippen LogP) is 1.59. The molecule has 0 aromatic carbocycles. The van der Waals surface area contributed by atoms with Gasteiger partial charge in [-0.15, -0.1) is 0 Å². The molecular formula is C8H15O2. The lowest BCUT2D eigenvalue weighted by atomic mass is 10.2. The molecule has 0 spiro atoms. The van der Waals surface area contributed by atoms with Crippen molar-refractivity contribution in [2.24, 2.45) is 0 Å². The molecule has 0 aliphatic carbocycles. The summed E-state index contributed by atoms with van der Waals surface area (Å²) in [4.78, 5) is 10.2. The van der Waals surface area contributed by atoms with Gasteiger partial charge in [0.2, 0.25) is 0 Å². The Bertz CT molecular complexity index is 81.3. The van der Waals surface area contributed by atoms with Crippen LogP contribution in [0.4, 0.5) is 0 Å². The van der Waals surface area contributed by atoms with Gasteiger partial charge in [-0.2, -0.15) is 0 Å². The number of carbonyl (C=O) groups is 1. The summed E-state index contributed by atoms with van der Waals surface area (Å²) in [7, 11) is 0. The Kier molecular flexibility index (Phi) is 6.50. The van der Waals surface area contributed by atoms with E-state index in [2.05, 4.69) is 6.92 Å². The summed E-state index contributed by atoms with van der Waals surface area (Å²) in [6, 6.07) is 0. The van der Waals surface area contributed by atoms with Crippen molar-refractivity contribution < 1.29 is 9.53 Å². The van der Waals surface area contributed by atoms with Gasteiger partial charge in [0.15, 0.2) is 0 Å². The minimum atomic E-state index is -0.225. The van der Waals surface area contributed by atoms with Crippen molar-refractivity contribution in [3.63, 3.8) is 0 Å². The van der Waals surface area contributed by atoms with E-state index in [1.54, 1.807) is 0 Å². The number of ether oxygens (including phenoxy) is 1. The van der Waals surface area contributed by atoms with Crippen LogP contribution in [0.2, 0.25) is 0 Å². The third kappa shape index (κ3) is 4.50. The van der Waals surface area contributed by atoms with Crippen LogP contribution < -0.4 is 0 Å². The van der Waals surface area contributed by atoms with Gasteiger partial charge in [0.25, 0.3) is 0 Å². The van der Waals surface area contributed by atoms with Crippen LogP contribution >= 0.6 is 0 Å². The Morgan fingerprint density at radius 2 is 2.40 bits per heavy atom. The summed E-state index contributed by atoms with van der Waals surface area (Å²) >= 11 is 0. The fraction of sp³-hybridized carbons (Fsp3) is 0.750. The molecule has 0 rings (SSSR count). The summed E-state index contributed by atoms with van der Waals surface area (Å²) in [5.74, 6) is 0. The topological polar surface area (TPSA) is 26.3 Å². The van der Waals surface area contributed by atoms with Gasteiger partial charge in [0.05, 0.1) is 0 Å². The first-order valence-electron chi connectivity index (χ1n) is 3.71. The Balaban J connectivity index is 3.29. The molecule has 0 N–H and O–H groups in total. The van der Waals surface area contributed by atoms with Gasteiger partial charge < -0.3 is 9.53 Å². The van der Waals surface area contributed by atoms with Gasteiger partial charge in [-0.1, -0.05) is 20.3 Å². The molecule has 0 bridgehead atoms. The van der Waals surface area contributed by atoms with E-state index in [4.69, 9.17) is 4.74 Å². The molecule has 1 atom stereocenters.